The first-order valence-electron chi connectivity index (χ1n) is 6.55. The number of likely N-dealkylation sites (tertiary alicyclic amines) is 1. The number of hydrogen-bond donors (Lipinski definition) is 2. The van der Waals surface area contributed by atoms with Crippen molar-refractivity contribution in [2.24, 2.45) is 5.92 Å². The zero-order valence-electron chi connectivity index (χ0n) is 11.4. The molecule has 0 spiro atoms. The van der Waals surface area contributed by atoms with E-state index in [1.54, 1.807) is 6.92 Å². The van der Waals surface area contributed by atoms with Crippen LogP contribution in [-0.2, 0) is 0 Å². The van der Waals surface area contributed by atoms with Crippen LogP contribution in [0.5, 0.6) is 0 Å². The van der Waals surface area contributed by atoms with Crippen molar-refractivity contribution in [1.82, 2.24) is 14.9 Å². The Hall–Kier alpha value is -1.69. The predicted octanol–water partition coefficient (Wildman–Crippen LogP) is 1.24. The van der Waals surface area contributed by atoms with Crippen LogP contribution in [0.2, 0.25) is 0 Å². The van der Waals surface area contributed by atoms with Crippen LogP contribution in [0.4, 0.5) is 5.82 Å². The largest absolute Gasteiger partial charge is 0.477 e. The third-order valence-corrected chi connectivity index (χ3v) is 3.54. The highest BCUT2D eigenvalue weighted by Gasteiger charge is 2.18. The summed E-state index contributed by atoms with van der Waals surface area (Å²) >= 11 is 0. The monoisotopic (exact) mass is 264 g/mol. The van der Waals surface area contributed by atoms with Crippen molar-refractivity contribution in [3.8, 4) is 0 Å². The van der Waals surface area contributed by atoms with Crippen molar-refractivity contribution in [2.75, 3.05) is 32.0 Å². The summed E-state index contributed by atoms with van der Waals surface area (Å²) in [5.74, 6) is 0.591. The lowest BCUT2D eigenvalue weighted by Crippen LogP contribution is -2.33. The Morgan fingerprint density at radius 1 is 1.53 bits per heavy atom. The molecule has 2 rings (SSSR count). The SMILES string of the molecule is Cc1ncc(C(=O)O)c(NCC2CCN(C)CC2)n1. The van der Waals surface area contributed by atoms with E-state index in [4.69, 9.17) is 5.11 Å². The summed E-state index contributed by atoms with van der Waals surface area (Å²) in [4.78, 5) is 21.5. The van der Waals surface area contributed by atoms with Gasteiger partial charge < -0.3 is 15.3 Å². The number of nitrogens with one attached hydrogen (secondary N) is 1. The van der Waals surface area contributed by atoms with Gasteiger partial charge in [-0.05, 0) is 45.8 Å². The molecular weight excluding hydrogens is 244 g/mol. The maximum atomic E-state index is 11.1. The number of carboxylic acid groups (broad SMARTS) is 1. The van der Waals surface area contributed by atoms with Crippen molar-refractivity contribution in [2.45, 2.75) is 19.8 Å². The highest BCUT2D eigenvalue weighted by molar-refractivity contribution is 5.92. The number of piperidine rings is 1. The molecule has 2 heterocycles. The second-order valence-electron chi connectivity index (χ2n) is 5.11. The van der Waals surface area contributed by atoms with E-state index in [-0.39, 0.29) is 5.56 Å². The van der Waals surface area contributed by atoms with Crippen molar-refractivity contribution in [3.63, 3.8) is 0 Å². The minimum Gasteiger partial charge on any atom is -0.477 e. The third-order valence-electron chi connectivity index (χ3n) is 3.54. The molecule has 0 aromatic carbocycles. The van der Waals surface area contributed by atoms with Gasteiger partial charge in [-0.1, -0.05) is 0 Å². The van der Waals surface area contributed by atoms with Gasteiger partial charge in [-0.3, -0.25) is 0 Å². The number of carboxylic acids is 1. The molecule has 0 bridgehead atoms. The Balaban J connectivity index is 1.98. The molecule has 1 aromatic rings. The Morgan fingerprint density at radius 3 is 2.84 bits per heavy atom. The summed E-state index contributed by atoms with van der Waals surface area (Å²) in [5.41, 5.74) is 0.138. The number of hydrogen-bond acceptors (Lipinski definition) is 5. The van der Waals surface area contributed by atoms with Gasteiger partial charge in [0.1, 0.15) is 17.2 Å². The molecule has 1 aliphatic rings. The third kappa shape index (κ3) is 3.64. The summed E-state index contributed by atoms with van der Waals surface area (Å²) in [6.07, 6.45) is 3.63. The zero-order chi connectivity index (χ0) is 13.8. The first-order chi connectivity index (χ1) is 9.06. The molecule has 1 aliphatic heterocycles. The van der Waals surface area contributed by atoms with Gasteiger partial charge in [-0.2, -0.15) is 0 Å². The fraction of sp³-hybridized carbons (Fsp3) is 0.615. The van der Waals surface area contributed by atoms with E-state index in [0.717, 1.165) is 32.5 Å². The van der Waals surface area contributed by atoms with Gasteiger partial charge in [0.2, 0.25) is 0 Å². The molecule has 1 fully saturated rings. The number of aromatic nitrogens is 2. The standard InChI is InChI=1S/C13H20N4O2/c1-9-14-8-11(13(18)19)12(16-9)15-7-10-3-5-17(2)6-4-10/h8,10H,3-7H2,1-2H3,(H,18,19)(H,14,15,16). The first-order valence-corrected chi connectivity index (χ1v) is 6.55. The average molecular weight is 264 g/mol. The number of aromatic carboxylic acids is 1. The highest BCUT2D eigenvalue weighted by Crippen LogP contribution is 2.18. The molecule has 0 amide bonds. The van der Waals surface area contributed by atoms with Gasteiger partial charge in [0.25, 0.3) is 0 Å². The van der Waals surface area contributed by atoms with E-state index in [9.17, 15) is 4.79 Å². The number of aryl methyl sites for hydroxylation is 1. The van der Waals surface area contributed by atoms with Crippen LogP contribution in [0, 0.1) is 12.8 Å². The molecule has 0 saturated carbocycles. The quantitative estimate of drug-likeness (QED) is 0.852. The van der Waals surface area contributed by atoms with Crippen LogP contribution in [0.25, 0.3) is 0 Å². The van der Waals surface area contributed by atoms with Crippen LogP contribution < -0.4 is 5.32 Å². The number of nitrogens with zero attached hydrogens (tertiary/aromatic N) is 3. The van der Waals surface area contributed by atoms with E-state index in [0.29, 0.717) is 17.6 Å². The summed E-state index contributed by atoms with van der Waals surface area (Å²) in [5, 5.41) is 12.3. The van der Waals surface area contributed by atoms with Crippen molar-refractivity contribution < 1.29 is 9.90 Å². The molecule has 0 unspecified atom stereocenters. The summed E-state index contributed by atoms with van der Waals surface area (Å²) in [7, 11) is 2.12. The topological polar surface area (TPSA) is 78.3 Å². The Labute approximate surface area is 112 Å². The van der Waals surface area contributed by atoms with E-state index < -0.39 is 5.97 Å². The molecule has 0 radical (unpaired) electrons. The van der Waals surface area contributed by atoms with E-state index in [1.807, 2.05) is 0 Å². The maximum Gasteiger partial charge on any atom is 0.341 e. The maximum absolute atomic E-state index is 11.1. The lowest BCUT2D eigenvalue weighted by molar-refractivity contribution is 0.0697. The molecular formula is C13H20N4O2. The zero-order valence-corrected chi connectivity index (χ0v) is 11.4. The number of rotatable bonds is 4. The second-order valence-corrected chi connectivity index (χ2v) is 5.11. The molecule has 6 heteroatoms. The van der Waals surface area contributed by atoms with Crippen LogP contribution >= 0.6 is 0 Å². The molecule has 2 N–H and O–H groups in total. The van der Waals surface area contributed by atoms with E-state index >= 15 is 0 Å². The molecule has 1 aromatic heterocycles. The summed E-state index contributed by atoms with van der Waals surface area (Å²) in [6.45, 7) is 4.72. The van der Waals surface area contributed by atoms with Gasteiger partial charge in [-0.25, -0.2) is 14.8 Å². The Bertz CT molecular complexity index is 456. The van der Waals surface area contributed by atoms with Gasteiger partial charge in [0.15, 0.2) is 0 Å². The molecule has 0 aliphatic carbocycles. The fourth-order valence-electron chi connectivity index (χ4n) is 2.27. The smallest absolute Gasteiger partial charge is 0.341 e. The highest BCUT2D eigenvalue weighted by atomic mass is 16.4. The number of anilines is 1. The van der Waals surface area contributed by atoms with Crippen molar-refractivity contribution >= 4 is 11.8 Å². The molecule has 19 heavy (non-hydrogen) atoms. The van der Waals surface area contributed by atoms with Gasteiger partial charge in [0, 0.05) is 12.7 Å². The van der Waals surface area contributed by atoms with Crippen molar-refractivity contribution in [3.05, 3.63) is 17.6 Å². The van der Waals surface area contributed by atoms with Crippen LogP contribution in [0.15, 0.2) is 6.20 Å². The number of carbonyl (C=O) groups is 1. The Kier molecular flexibility index (Phi) is 4.31. The van der Waals surface area contributed by atoms with Crippen molar-refractivity contribution in [1.29, 1.82) is 0 Å². The molecule has 104 valence electrons. The predicted molar refractivity (Wildman–Crippen MR) is 72.4 cm³/mol. The van der Waals surface area contributed by atoms with Crippen LogP contribution in [0.3, 0.4) is 0 Å². The van der Waals surface area contributed by atoms with Crippen LogP contribution in [-0.4, -0.2) is 52.6 Å². The first kappa shape index (κ1) is 13.7. The van der Waals surface area contributed by atoms with Crippen LogP contribution in [0.1, 0.15) is 29.0 Å². The van der Waals surface area contributed by atoms with E-state index in [1.165, 1.54) is 6.20 Å². The molecule has 6 nitrogen and oxygen atoms in total. The Morgan fingerprint density at radius 2 is 2.21 bits per heavy atom. The normalized spacial score (nSPS) is 17.4. The molecule has 0 atom stereocenters. The average Bonchev–Trinajstić information content (AvgIpc) is 2.38. The van der Waals surface area contributed by atoms with Gasteiger partial charge >= 0.3 is 5.97 Å². The summed E-state index contributed by atoms with van der Waals surface area (Å²) < 4.78 is 0. The van der Waals surface area contributed by atoms with Gasteiger partial charge in [0.05, 0.1) is 0 Å². The lowest BCUT2D eigenvalue weighted by Gasteiger charge is -2.29. The minimum atomic E-state index is -0.995. The van der Waals surface area contributed by atoms with E-state index in [2.05, 4.69) is 27.2 Å². The summed E-state index contributed by atoms with van der Waals surface area (Å²) in [6, 6.07) is 0. The van der Waals surface area contributed by atoms with Gasteiger partial charge in [-0.15, -0.1) is 0 Å². The lowest BCUT2D eigenvalue weighted by atomic mass is 9.97. The second kappa shape index (κ2) is 5.97. The minimum absolute atomic E-state index is 0.138. The molecule has 1 saturated heterocycles. The fourth-order valence-corrected chi connectivity index (χ4v) is 2.27.